The molecular weight excluding hydrogens is 482 g/mol. The van der Waals surface area contributed by atoms with Gasteiger partial charge in [0, 0.05) is 29.3 Å². The predicted molar refractivity (Wildman–Crippen MR) is 146 cm³/mol. The van der Waals surface area contributed by atoms with Crippen molar-refractivity contribution in [3.63, 3.8) is 0 Å². The van der Waals surface area contributed by atoms with E-state index in [0.717, 1.165) is 16.8 Å². The van der Waals surface area contributed by atoms with Gasteiger partial charge in [-0.1, -0.05) is 38.1 Å². The molecule has 4 rings (SSSR count). The van der Waals surface area contributed by atoms with Gasteiger partial charge in [-0.15, -0.1) is 0 Å². The van der Waals surface area contributed by atoms with Gasteiger partial charge in [-0.3, -0.25) is 9.79 Å². The molecule has 0 radical (unpaired) electrons. The average Bonchev–Trinajstić information content (AvgIpc) is 2.91. The van der Waals surface area contributed by atoms with Crippen molar-refractivity contribution in [2.75, 3.05) is 27.4 Å². The van der Waals surface area contributed by atoms with Crippen LogP contribution in [0, 0.1) is 11.8 Å². The fraction of sp³-hybridized carbons (Fsp3) is 0.452. The van der Waals surface area contributed by atoms with Gasteiger partial charge in [-0.05, 0) is 55.9 Å². The number of hydrogen-bond acceptors (Lipinski definition) is 7. The minimum absolute atomic E-state index is 0.0488. The van der Waals surface area contributed by atoms with Gasteiger partial charge in [-0.25, -0.2) is 4.79 Å². The third-order valence-electron chi connectivity index (χ3n) is 7.16. The third-order valence-corrected chi connectivity index (χ3v) is 7.16. The van der Waals surface area contributed by atoms with Crippen LogP contribution in [0.3, 0.4) is 0 Å². The first kappa shape index (κ1) is 27.4. The number of Topliss-reactive ketones (excluding diaryl/α,β-unsaturated/α-hetero) is 1. The summed E-state index contributed by atoms with van der Waals surface area (Å²) in [6.07, 6.45) is 0.935. The molecule has 0 amide bonds. The van der Waals surface area contributed by atoms with E-state index in [2.05, 4.69) is 0 Å². The van der Waals surface area contributed by atoms with Gasteiger partial charge in [0.2, 0.25) is 0 Å². The maximum absolute atomic E-state index is 13.9. The number of ketones is 1. The molecule has 1 aliphatic carbocycles. The second kappa shape index (κ2) is 11.8. The summed E-state index contributed by atoms with van der Waals surface area (Å²) in [7, 11) is 3.20. The molecule has 1 unspecified atom stereocenters. The molecule has 2 aromatic carbocycles. The molecule has 0 saturated heterocycles. The van der Waals surface area contributed by atoms with E-state index in [1.54, 1.807) is 14.2 Å². The Morgan fingerprint density at radius 1 is 1.00 bits per heavy atom. The molecule has 7 heteroatoms. The second-order valence-corrected chi connectivity index (χ2v) is 10.2. The van der Waals surface area contributed by atoms with Gasteiger partial charge in [-0.2, -0.15) is 0 Å². The van der Waals surface area contributed by atoms with E-state index in [9.17, 15) is 9.59 Å². The zero-order chi connectivity index (χ0) is 27.4. The number of para-hydroxylation sites is 1. The highest BCUT2D eigenvalue weighted by Crippen LogP contribution is 2.48. The number of carbonyl (C=O) groups is 2. The van der Waals surface area contributed by atoms with Crippen LogP contribution in [-0.4, -0.2) is 44.9 Å². The number of allylic oxidation sites excluding steroid dienone is 1. The number of fused-ring (bicyclic) bond motifs is 1. The Balaban J connectivity index is 1.78. The smallest absolute Gasteiger partial charge is 0.336 e. The Labute approximate surface area is 224 Å². The quantitative estimate of drug-likeness (QED) is 0.385. The van der Waals surface area contributed by atoms with Crippen LogP contribution in [0.15, 0.2) is 58.7 Å². The fourth-order valence-electron chi connectivity index (χ4n) is 5.46. The number of esters is 1. The van der Waals surface area contributed by atoms with Crippen LogP contribution in [0.2, 0.25) is 0 Å². The van der Waals surface area contributed by atoms with Crippen LogP contribution in [0.4, 0.5) is 0 Å². The molecule has 7 nitrogen and oxygen atoms in total. The lowest BCUT2D eigenvalue weighted by atomic mass is 9.66. The summed E-state index contributed by atoms with van der Waals surface area (Å²) in [6, 6.07) is 13.4. The summed E-state index contributed by atoms with van der Waals surface area (Å²) < 4.78 is 22.5. The van der Waals surface area contributed by atoms with Gasteiger partial charge in [0.05, 0.1) is 38.9 Å². The molecule has 0 bridgehead atoms. The van der Waals surface area contributed by atoms with Gasteiger partial charge < -0.3 is 18.9 Å². The predicted octanol–water partition coefficient (Wildman–Crippen LogP) is 5.88. The lowest BCUT2D eigenvalue weighted by molar-refractivity contribution is -0.140. The summed E-state index contributed by atoms with van der Waals surface area (Å²) in [5.41, 5.74) is 3.61. The van der Waals surface area contributed by atoms with Gasteiger partial charge in [0.1, 0.15) is 11.5 Å². The number of methoxy groups -OCH3 is 2. The Morgan fingerprint density at radius 3 is 2.42 bits per heavy atom. The molecule has 2 aliphatic rings. The van der Waals surface area contributed by atoms with E-state index in [1.807, 2.05) is 70.2 Å². The van der Waals surface area contributed by atoms with Crippen molar-refractivity contribution >= 4 is 17.5 Å². The molecule has 1 heterocycles. The Hall–Kier alpha value is -3.61. The van der Waals surface area contributed by atoms with Crippen LogP contribution >= 0.6 is 0 Å². The molecule has 1 aliphatic heterocycles. The maximum Gasteiger partial charge on any atom is 0.336 e. The number of ether oxygens (including phenoxy) is 4. The Kier molecular flexibility index (Phi) is 8.55. The van der Waals surface area contributed by atoms with Crippen molar-refractivity contribution in [1.29, 1.82) is 0 Å². The molecule has 2 aromatic rings. The Morgan fingerprint density at radius 2 is 1.74 bits per heavy atom. The average molecular weight is 520 g/mol. The summed E-state index contributed by atoms with van der Waals surface area (Å²) >= 11 is 0. The van der Waals surface area contributed by atoms with Crippen molar-refractivity contribution in [2.24, 2.45) is 16.8 Å². The molecule has 1 saturated carbocycles. The van der Waals surface area contributed by atoms with E-state index >= 15 is 0 Å². The zero-order valence-electron chi connectivity index (χ0n) is 23.1. The molecule has 0 aromatic heterocycles. The maximum atomic E-state index is 13.9. The highest BCUT2D eigenvalue weighted by atomic mass is 16.5. The monoisotopic (exact) mass is 519 g/mol. The highest BCUT2D eigenvalue weighted by Gasteiger charge is 2.47. The molecule has 0 N–H and O–H groups in total. The van der Waals surface area contributed by atoms with E-state index in [0.29, 0.717) is 54.6 Å². The standard InChI is InChI=1S/C31H37NO6/c1-7-37-25-11-9-8-10-22(25)29-28(31(34)38-17-18(2)3)19(4)32-23-14-21(15-24(33)30(23)29)20-12-13-26(35-5)27(16-20)36-6/h8-13,16,18,21,29-30H,7,14-15,17H2,1-6H3/t21-,29-,30?/m0/s1. The minimum atomic E-state index is -0.557. The molecule has 0 spiro atoms. The summed E-state index contributed by atoms with van der Waals surface area (Å²) in [6.45, 7) is 8.50. The van der Waals surface area contributed by atoms with Crippen molar-refractivity contribution < 1.29 is 28.5 Å². The number of benzene rings is 2. The fourth-order valence-corrected chi connectivity index (χ4v) is 5.46. The highest BCUT2D eigenvalue weighted by molar-refractivity contribution is 6.12. The normalized spacial score (nSPS) is 21.1. The first-order valence-electron chi connectivity index (χ1n) is 13.2. The Bertz CT molecular complexity index is 1260. The van der Waals surface area contributed by atoms with Crippen molar-refractivity contribution in [3.8, 4) is 17.2 Å². The SMILES string of the molecule is CCOc1ccccc1[C@H]1C(C(=O)OCC(C)C)=C(C)N=C2C[C@H](c3ccc(OC)c(OC)c3)CC(=O)C21. The summed E-state index contributed by atoms with van der Waals surface area (Å²) in [4.78, 5) is 32.2. The molecule has 38 heavy (non-hydrogen) atoms. The van der Waals surface area contributed by atoms with Crippen LogP contribution in [0.1, 0.15) is 63.5 Å². The molecule has 202 valence electrons. The number of carbonyl (C=O) groups excluding carboxylic acids is 2. The first-order chi connectivity index (χ1) is 18.3. The lowest BCUT2D eigenvalue weighted by Gasteiger charge is -2.38. The molecule has 3 atom stereocenters. The van der Waals surface area contributed by atoms with Gasteiger partial charge in [0.25, 0.3) is 0 Å². The van der Waals surface area contributed by atoms with Gasteiger partial charge >= 0.3 is 5.97 Å². The van der Waals surface area contributed by atoms with Crippen LogP contribution < -0.4 is 14.2 Å². The topological polar surface area (TPSA) is 83.4 Å². The van der Waals surface area contributed by atoms with E-state index in [4.69, 9.17) is 23.9 Å². The van der Waals surface area contributed by atoms with E-state index in [1.165, 1.54) is 0 Å². The molecular formula is C31H37NO6. The molecule has 1 fully saturated rings. The minimum Gasteiger partial charge on any atom is -0.494 e. The van der Waals surface area contributed by atoms with E-state index < -0.39 is 17.8 Å². The summed E-state index contributed by atoms with van der Waals surface area (Å²) in [5, 5.41) is 0. The largest absolute Gasteiger partial charge is 0.494 e. The van der Waals surface area contributed by atoms with Crippen molar-refractivity contribution in [2.45, 2.75) is 52.4 Å². The zero-order valence-corrected chi connectivity index (χ0v) is 23.1. The number of aliphatic imine (C=N–C) groups is 1. The van der Waals surface area contributed by atoms with Crippen molar-refractivity contribution in [3.05, 3.63) is 64.9 Å². The van der Waals surface area contributed by atoms with Gasteiger partial charge in [0.15, 0.2) is 11.5 Å². The number of nitrogens with zero attached hydrogens (tertiary/aromatic N) is 1. The third kappa shape index (κ3) is 5.47. The van der Waals surface area contributed by atoms with Crippen LogP contribution in [0.5, 0.6) is 17.2 Å². The van der Waals surface area contributed by atoms with Crippen molar-refractivity contribution in [1.82, 2.24) is 0 Å². The second-order valence-electron chi connectivity index (χ2n) is 10.2. The first-order valence-corrected chi connectivity index (χ1v) is 13.2. The summed E-state index contributed by atoms with van der Waals surface area (Å²) in [5.74, 6) is 0.609. The van der Waals surface area contributed by atoms with E-state index in [-0.39, 0.29) is 17.6 Å². The van der Waals surface area contributed by atoms with Crippen LogP contribution in [-0.2, 0) is 14.3 Å². The van der Waals surface area contributed by atoms with Crippen LogP contribution in [0.25, 0.3) is 0 Å². The number of hydrogen-bond donors (Lipinski definition) is 0. The lowest BCUT2D eigenvalue weighted by Crippen LogP contribution is -2.41. The number of rotatable bonds is 9.